The van der Waals surface area contributed by atoms with Gasteiger partial charge in [0.15, 0.2) is 0 Å². The predicted octanol–water partition coefficient (Wildman–Crippen LogP) is 4.50. The molecule has 0 spiro atoms. The van der Waals surface area contributed by atoms with Gasteiger partial charge < -0.3 is 10.1 Å². The lowest BCUT2D eigenvalue weighted by molar-refractivity contribution is 0.225. The van der Waals surface area contributed by atoms with Crippen LogP contribution in [-0.2, 0) is 6.54 Å². The summed E-state index contributed by atoms with van der Waals surface area (Å²) < 4.78 is 7.41. The lowest BCUT2D eigenvalue weighted by Gasteiger charge is -2.22. The first-order valence-corrected chi connectivity index (χ1v) is 8.37. The summed E-state index contributed by atoms with van der Waals surface area (Å²) in [6, 6.07) is 5.05. The first-order valence-electron chi connectivity index (χ1n) is 7.58. The quantitative estimate of drug-likeness (QED) is 0.800. The van der Waals surface area contributed by atoms with E-state index in [0.29, 0.717) is 0 Å². The van der Waals surface area contributed by atoms with Crippen molar-refractivity contribution in [3.05, 3.63) is 39.9 Å². The van der Waals surface area contributed by atoms with Gasteiger partial charge in [0.2, 0.25) is 0 Å². The molecule has 1 aromatic rings. The van der Waals surface area contributed by atoms with Gasteiger partial charge in [0.25, 0.3) is 0 Å². The van der Waals surface area contributed by atoms with Crippen molar-refractivity contribution in [1.82, 2.24) is 5.32 Å². The van der Waals surface area contributed by atoms with Gasteiger partial charge in [-0.3, -0.25) is 0 Å². The highest BCUT2D eigenvalue weighted by Gasteiger charge is 2.22. The summed E-state index contributed by atoms with van der Waals surface area (Å²) in [7, 11) is 0. The van der Waals surface area contributed by atoms with E-state index in [9.17, 15) is 0 Å². The normalized spacial score (nSPS) is 22.0. The zero-order valence-electron chi connectivity index (χ0n) is 12.0. The number of ether oxygens (including phenoxy) is 1. The molecular weight excluding hydrogens is 314 g/mol. The van der Waals surface area contributed by atoms with Gasteiger partial charge in [-0.15, -0.1) is 0 Å². The van der Waals surface area contributed by atoms with Crippen LogP contribution in [0.4, 0.5) is 0 Å². The van der Waals surface area contributed by atoms with Crippen LogP contribution in [0.15, 0.2) is 28.8 Å². The Hall–Kier alpha value is -0.800. The molecular formula is C17H22BrNO. The van der Waals surface area contributed by atoms with E-state index in [1.165, 1.54) is 36.8 Å². The number of rotatable bonds is 5. The minimum Gasteiger partial charge on any atom is -0.486 e. The second-order valence-electron chi connectivity index (χ2n) is 5.88. The molecule has 0 amide bonds. The van der Waals surface area contributed by atoms with Gasteiger partial charge in [0, 0.05) is 22.6 Å². The van der Waals surface area contributed by atoms with E-state index < -0.39 is 0 Å². The molecule has 20 heavy (non-hydrogen) atoms. The van der Waals surface area contributed by atoms with Gasteiger partial charge in [0.1, 0.15) is 11.9 Å². The average molecular weight is 336 g/mol. The zero-order valence-corrected chi connectivity index (χ0v) is 13.6. The number of hydrogen-bond acceptors (Lipinski definition) is 2. The summed E-state index contributed by atoms with van der Waals surface area (Å²) in [6.45, 7) is 3.03. The van der Waals surface area contributed by atoms with Crippen LogP contribution >= 0.6 is 15.9 Å². The maximum Gasteiger partial charge on any atom is 0.127 e. The molecule has 0 radical (unpaired) electrons. The van der Waals surface area contributed by atoms with Crippen LogP contribution in [0.3, 0.4) is 0 Å². The molecule has 2 aliphatic carbocycles. The molecule has 1 saturated carbocycles. The molecule has 0 bridgehead atoms. The topological polar surface area (TPSA) is 21.3 Å². The van der Waals surface area contributed by atoms with Crippen LogP contribution in [0.25, 0.3) is 0 Å². The number of halogens is 1. The Morgan fingerprint density at radius 3 is 2.85 bits per heavy atom. The Balaban J connectivity index is 1.78. The molecule has 0 saturated heterocycles. The number of aryl methyl sites for hydroxylation is 1. The number of benzene rings is 1. The average Bonchev–Trinajstić information content (AvgIpc) is 3.25. The molecule has 1 unspecified atom stereocenters. The van der Waals surface area contributed by atoms with E-state index in [4.69, 9.17) is 4.74 Å². The van der Waals surface area contributed by atoms with Gasteiger partial charge in [-0.2, -0.15) is 0 Å². The molecule has 1 atom stereocenters. The predicted molar refractivity (Wildman–Crippen MR) is 86.1 cm³/mol. The number of allylic oxidation sites excluding steroid dienone is 1. The van der Waals surface area contributed by atoms with Gasteiger partial charge in [-0.25, -0.2) is 0 Å². The highest BCUT2D eigenvalue weighted by molar-refractivity contribution is 9.10. The molecule has 1 aromatic carbocycles. The van der Waals surface area contributed by atoms with Crippen molar-refractivity contribution in [2.75, 3.05) is 0 Å². The van der Waals surface area contributed by atoms with Gasteiger partial charge in [-0.05, 0) is 62.8 Å². The van der Waals surface area contributed by atoms with Crippen LogP contribution < -0.4 is 10.1 Å². The fourth-order valence-electron chi connectivity index (χ4n) is 2.67. The molecule has 1 fully saturated rings. The molecule has 0 aromatic heterocycles. The van der Waals surface area contributed by atoms with Crippen LogP contribution in [0.2, 0.25) is 0 Å². The molecule has 3 heteroatoms. The standard InChI is InChI=1S/C17H22BrNO/c1-12-9-14(18)10-13(11-19-15-7-8-15)17(12)20-16-5-3-2-4-6-16/h3,5,9-10,15-16,19H,2,4,6-8,11H2,1H3. The SMILES string of the molecule is Cc1cc(Br)cc(CNC2CC2)c1OC1C=CCCC1. The van der Waals surface area contributed by atoms with E-state index >= 15 is 0 Å². The molecule has 2 aliphatic rings. The van der Waals surface area contributed by atoms with Crippen LogP contribution in [0.5, 0.6) is 5.75 Å². The molecule has 108 valence electrons. The Morgan fingerprint density at radius 2 is 2.15 bits per heavy atom. The van der Waals surface area contributed by atoms with Crippen molar-refractivity contribution in [3.8, 4) is 5.75 Å². The van der Waals surface area contributed by atoms with Crippen molar-refractivity contribution in [2.24, 2.45) is 0 Å². The first kappa shape index (κ1) is 14.2. The summed E-state index contributed by atoms with van der Waals surface area (Å²) in [5, 5.41) is 3.59. The van der Waals surface area contributed by atoms with Gasteiger partial charge in [0.05, 0.1) is 0 Å². The third kappa shape index (κ3) is 3.64. The summed E-state index contributed by atoms with van der Waals surface area (Å²) >= 11 is 3.60. The highest BCUT2D eigenvalue weighted by Crippen LogP contribution is 2.31. The molecule has 3 rings (SSSR count). The molecule has 0 heterocycles. The molecule has 2 nitrogen and oxygen atoms in total. The Kier molecular flexibility index (Phi) is 4.47. The monoisotopic (exact) mass is 335 g/mol. The second-order valence-corrected chi connectivity index (χ2v) is 6.80. The molecule has 0 aliphatic heterocycles. The Labute approximate surface area is 129 Å². The zero-order chi connectivity index (χ0) is 13.9. The van der Waals surface area contributed by atoms with Crippen LogP contribution in [-0.4, -0.2) is 12.1 Å². The summed E-state index contributed by atoms with van der Waals surface area (Å²) in [4.78, 5) is 0. The van der Waals surface area contributed by atoms with Gasteiger partial charge >= 0.3 is 0 Å². The lowest BCUT2D eigenvalue weighted by Crippen LogP contribution is -2.20. The Bertz CT molecular complexity index is 508. The maximum atomic E-state index is 6.28. The van der Waals surface area contributed by atoms with Crippen LogP contribution in [0, 0.1) is 6.92 Å². The minimum absolute atomic E-state index is 0.239. The van der Waals surface area contributed by atoms with E-state index in [1.807, 2.05) is 0 Å². The lowest BCUT2D eigenvalue weighted by atomic mass is 10.0. The minimum atomic E-state index is 0.239. The summed E-state index contributed by atoms with van der Waals surface area (Å²) in [6.07, 6.45) is 10.9. The van der Waals surface area contributed by atoms with E-state index in [2.05, 4.69) is 52.5 Å². The van der Waals surface area contributed by atoms with Crippen LogP contribution in [0.1, 0.15) is 43.2 Å². The van der Waals surface area contributed by atoms with Crippen molar-refractivity contribution in [2.45, 2.75) is 57.7 Å². The summed E-state index contributed by atoms with van der Waals surface area (Å²) in [5.41, 5.74) is 2.48. The first-order chi connectivity index (χ1) is 9.72. The fourth-order valence-corrected chi connectivity index (χ4v) is 3.29. The maximum absolute atomic E-state index is 6.28. The van der Waals surface area contributed by atoms with Gasteiger partial charge in [-0.1, -0.05) is 22.0 Å². The van der Waals surface area contributed by atoms with E-state index in [1.54, 1.807) is 0 Å². The van der Waals surface area contributed by atoms with Crippen molar-refractivity contribution < 1.29 is 4.74 Å². The highest BCUT2D eigenvalue weighted by atomic mass is 79.9. The second kappa shape index (κ2) is 6.31. The van der Waals surface area contributed by atoms with Crippen molar-refractivity contribution in [3.63, 3.8) is 0 Å². The number of nitrogens with one attached hydrogen (secondary N) is 1. The number of hydrogen-bond donors (Lipinski definition) is 1. The van der Waals surface area contributed by atoms with Crippen molar-refractivity contribution in [1.29, 1.82) is 0 Å². The third-order valence-corrected chi connectivity index (χ3v) is 4.41. The van der Waals surface area contributed by atoms with E-state index in [0.717, 1.165) is 29.2 Å². The Morgan fingerprint density at radius 1 is 1.30 bits per heavy atom. The fraction of sp³-hybridized carbons (Fsp3) is 0.529. The van der Waals surface area contributed by atoms with Crippen molar-refractivity contribution >= 4 is 15.9 Å². The summed E-state index contributed by atoms with van der Waals surface area (Å²) in [5.74, 6) is 1.07. The third-order valence-electron chi connectivity index (χ3n) is 3.95. The van der Waals surface area contributed by atoms with E-state index in [-0.39, 0.29) is 6.10 Å². The largest absolute Gasteiger partial charge is 0.486 e. The smallest absolute Gasteiger partial charge is 0.127 e. The molecule has 1 N–H and O–H groups in total.